The Morgan fingerprint density at radius 1 is 1.39 bits per heavy atom. The second-order valence-corrected chi connectivity index (χ2v) is 5.08. The average molecular weight is 264 g/mol. The summed E-state index contributed by atoms with van der Waals surface area (Å²) < 4.78 is 5.56. The number of thiocarbonyl (C=S) groups is 1. The summed E-state index contributed by atoms with van der Waals surface area (Å²) in [7, 11) is 0. The highest BCUT2D eigenvalue weighted by molar-refractivity contribution is 7.80. The van der Waals surface area contributed by atoms with Gasteiger partial charge >= 0.3 is 0 Å². The molecule has 3 nitrogen and oxygen atoms in total. The SMILES string of the molecule is Cc1ccc(NC(=S)NCCC2CCCO2)cc1. The van der Waals surface area contributed by atoms with Gasteiger partial charge in [-0.1, -0.05) is 17.7 Å². The van der Waals surface area contributed by atoms with Crippen molar-refractivity contribution in [2.45, 2.75) is 32.3 Å². The van der Waals surface area contributed by atoms with Gasteiger partial charge in [-0.2, -0.15) is 0 Å². The van der Waals surface area contributed by atoms with Gasteiger partial charge in [0.15, 0.2) is 5.11 Å². The molecule has 1 aliphatic rings. The Kier molecular flexibility index (Phi) is 4.96. The maximum absolute atomic E-state index is 5.56. The molecule has 0 saturated carbocycles. The molecule has 2 N–H and O–H groups in total. The molecule has 1 aromatic rings. The number of aryl methyl sites for hydroxylation is 1. The lowest BCUT2D eigenvalue weighted by Crippen LogP contribution is -2.30. The Hall–Kier alpha value is -1.13. The summed E-state index contributed by atoms with van der Waals surface area (Å²) in [5.74, 6) is 0. The van der Waals surface area contributed by atoms with E-state index in [1.54, 1.807) is 0 Å². The van der Waals surface area contributed by atoms with Gasteiger partial charge in [0.25, 0.3) is 0 Å². The first kappa shape index (κ1) is 13.3. The van der Waals surface area contributed by atoms with E-state index < -0.39 is 0 Å². The largest absolute Gasteiger partial charge is 0.378 e. The highest BCUT2D eigenvalue weighted by Gasteiger charge is 2.14. The van der Waals surface area contributed by atoms with E-state index in [1.807, 2.05) is 12.1 Å². The minimum Gasteiger partial charge on any atom is -0.378 e. The normalized spacial score (nSPS) is 18.6. The van der Waals surface area contributed by atoms with Gasteiger partial charge in [0.05, 0.1) is 6.10 Å². The van der Waals surface area contributed by atoms with Gasteiger partial charge in [0.1, 0.15) is 0 Å². The molecule has 0 aromatic heterocycles. The molecule has 98 valence electrons. The number of hydrogen-bond acceptors (Lipinski definition) is 2. The van der Waals surface area contributed by atoms with Gasteiger partial charge in [-0.3, -0.25) is 0 Å². The molecular weight excluding hydrogens is 244 g/mol. The van der Waals surface area contributed by atoms with Crippen LogP contribution in [0.1, 0.15) is 24.8 Å². The first-order valence-corrected chi connectivity index (χ1v) is 6.88. The standard InChI is InChI=1S/C14H20N2OS/c1-11-4-6-12(7-5-11)16-14(18)15-9-8-13-3-2-10-17-13/h4-7,13H,2-3,8-10H2,1H3,(H2,15,16,18). The molecule has 1 atom stereocenters. The number of rotatable bonds is 4. The van der Waals surface area contributed by atoms with Crippen LogP contribution in [0.3, 0.4) is 0 Å². The van der Waals surface area contributed by atoms with Crippen LogP contribution in [0, 0.1) is 6.92 Å². The molecule has 0 aliphatic carbocycles. The molecule has 0 amide bonds. The number of nitrogens with one attached hydrogen (secondary N) is 2. The number of anilines is 1. The summed E-state index contributed by atoms with van der Waals surface area (Å²) in [6.07, 6.45) is 3.81. The van der Waals surface area contributed by atoms with E-state index in [0.717, 1.165) is 25.3 Å². The van der Waals surface area contributed by atoms with E-state index in [-0.39, 0.29) is 0 Å². The third-order valence-electron chi connectivity index (χ3n) is 3.09. The maximum atomic E-state index is 5.56. The first-order valence-electron chi connectivity index (χ1n) is 6.47. The van der Waals surface area contributed by atoms with Crippen LogP contribution in [-0.2, 0) is 4.74 Å². The van der Waals surface area contributed by atoms with E-state index in [9.17, 15) is 0 Å². The molecule has 1 aliphatic heterocycles. The van der Waals surface area contributed by atoms with Gasteiger partial charge in [-0.15, -0.1) is 0 Å². The minimum absolute atomic E-state index is 0.416. The fourth-order valence-electron chi connectivity index (χ4n) is 2.03. The Labute approximate surface area is 114 Å². The van der Waals surface area contributed by atoms with Crippen molar-refractivity contribution in [2.75, 3.05) is 18.5 Å². The van der Waals surface area contributed by atoms with Crippen LogP contribution in [0.15, 0.2) is 24.3 Å². The molecule has 0 bridgehead atoms. The van der Waals surface area contributed by atoms with Crippen LogP contribution in [0.4, 0.5) is 5.69 Å². The molecule has 1 aromatic carbocycles. The fourth-order valence-corrected chi connectivity index (χ4v) is 2.25. The fraction of sp³-hybridized carbons (Fsp3) is 0.500. The molecule has 18 heavy (non-hydrogen) atoms. The van der Waals surface area contributed by atoms with Crippen molar-refractivity contribution >= 4 is 23.0 Å². The second kappa shape index (κ2) is 6.71. The van der Waals surface area contributed by atoms with Gasteiger partial charge in [0, 0.05) is 18.8 Å². The predicted molar refractivity (Wildman–Crippen MR) is 79.0 cm³/mol. The Morgan fingerprint density at radius 2 is 2.17 bits per heavy atom. The summed E-state index contributed by atoms with van der Waals surface area (Å²) in [5, 5.41) is 7.06. The van der Waals surface area contributed by atoms with Crippen molar-refractivity contribution in [1.82, 2.24) is 5.32 Å². The average Bonchev–Trinajstić information content (AvgIpc) is 2.85. The van der Waals surface area contributed by atoms with Crippen molar-refractivity contribution in [3.63, 3.8) is 0 Å². The second-order valence-electron chi connectivity index (χ2n) is 4.67. The van der Waals surface area contributed by atoms with Crippen molar-refractivity contribution in [3.8, 4) is 0 Å². The maximum Gasteiger partial charge on any atom is 0.170 e. The Morgan fingerprint density at radius 3 is 2.83 bits per heavy atom. The van der Waals surface area contributed by atoms with Crippen molar-refractivity contribution in [3.05, 3.63) is 29.8 Å². The van der Waals surface area contributed by atoms with E-state index in [2.05, 4.69) is 29.7 Å². The Balaban J connectivity index is 1.66. The van der Waals surface area contributed by atoms with Gasteiger partial charge in [0.2, 0.25) is 0 Å². The molecule has 1 fully saturated rings. The summed E-state index contributed by atoms with van der Waals surface area (Å²) >= 11 is 5.25. The zero-order chi connectivity index (χ0) is 12.8. The lowest BCUT2D eigenvalue weighted by atomic mass is 10.2. The minimum atomic E-state index is 0.416. The monoisotopic (exact) mass is 264 g/mol. The van der Waals surface area contributed by atoms with Gasteiger partial charge < -0.3 is 15.4 Å². The van der Waals surface area contributed by atoms with Crippen LogP contribution in [0.25, 0.3) is 0 Å². The molecule has 0 spiro atoms. The van der Waals surface area contributed by atoms with Gasteiger partial charge in [-0.25, -0.2) is 0 Å². The molecule has 0 radical (unpaired) electrons. The van der Waals surface area contributed by atoms with E-state index in [1.165, 1.54) is 18.4 Å². The highest BCUT2D eigenvalue weighted by atomic mass is 32.1. The first-order chi connectivity index (χ1) is 8.74. The topological polar surface area (TPSA) is 33.3 Å². The van der Waals surface area contributed by atoms with Crippen LogP contribution >= 0.6 is 12.2 Å². The smallest absolute Gasteiger partial charge is 0.170 e. The number of ether oxygens (including phenoxy) is 1. The van der Waals surface area contributed by atoms with E-state index >= 15 is 0 Å². The lowest BCUT2D eigenvalue weighted by Gasteiger charge is -2.13. The summed E-state index contributed by atoms with van der Waals surface area (Å²) in [5.41, 5.74) is 2.27. The third kappa shape index (κ3) is 4.27. The number of hydrogen-bond donors (Lipinski definition) is 2. The van der Waals surface area contributed by atoms with E-state index in [4.69, 9.17) is 17.0 Å². The number of benzene rings is 1. The van der Waals surface area contributed by atoms with Crippen molar-refractivity contribution in [2.24, 2.45) is 0 Å². The molecule has 4 heteroatoms. The van der Waals surface area contributed by atoms with Crippen molar-refractivity contribution in [1.29, 1.82) is 0 Å². The highest BCUT2D eigenvalue weighted by Crippen LogP contribution is 2.14. The summed E-state index contributed by atoms with van der Waals surface area (Å²) in [6, 6.07) is 8.20. The zero-order valence-electron chi connectivity index (χ0n) is 10.7. The zero-order valence-corrected chi connectivity index (χ0v) is 11.6. The van der Waals surface area contributed by atoms with Crippen LogP contribution in [0.5, 0.6) is 0 Å². The molecule has 1 unspecified atom stereocenters. The third-order valence-corrected chi connectivity index (χ3v) is 3.33. The summed E-state index contributed by atoms with van der Waals surface area (Å²) in [6.45, 7) is 3.85. The van der Waals surface area contributed by atoms with Crippen LogP contribution < -0.4 is 10.6 Å². The van der Waals surface area contributed by atoms with Crippen molar-refractivity contribution < 1.29 is 4.74 Å². The van der Waals surface area contributed by atoms with E-state index in [0.29, 0.717) is 11.2 Å². The van der Waals surface area contributed by atoms with Crippen LogP contribution in [0.2, 0.25) is 0 Å². The quantitative estimate of drug-likeness (QED) is 0.819. The summed E-state index contributed by atoms with van der Waals surface area (Å²) in [4.78, 5) is 0. The lowest BCUT2D eigenvalue weighted by molar-refractivity contribution is 0.105. The molecule has 2 rings (SSSR count). The Bertz CT molecular complexity index is 385. The molecule has 1 saturated heterocycles. The molecular formula is C14H20N2OS. The molecule has 1 heterocycles. The van der Waals surface area contributed by atoms with Gasteiger partial charge in [-0.05, 0) is 50.5 Å². The van der Waals surface area contributed by atoms with Crippen LogP contribution in [-0.4, -0.2) is 24.4 Å². The predicted octanol–water partition coefficient (Wildman–Crippen LogP) is 2.85.